The number of ether oxygens (including phenoxy) is 1. The van der Waals surface area contributed by atoms with E-state index in [2.05, 4.69) is 17.4 Å². The Morgan fingerprint density at radius 3 is 2.56 bits per heavy atom. The first-order chi connectivity index (χ1) is 12.2. The molecule has 1 saturated carbocycles. The number of rotatable bonds is 5. The third kappa shape index (κ3) is 2.93. The van der Waals surface area contributed by atoms with Gasteiger partial charge in [-0.25, -0.2) is 0 Å². The van der Waals surface area contributed by atoms with E-state index in [0.717, 1.165) is 36.0 Å². The number of nitrogens with one attached hydrogen (secondary N) is 1. The topological polar surface area (TPSA) is 55.4 Å². The molecular formula is C21H21NO3. The van der Waals surface area contributed by atoms with Gasteiger partial charge < -0.3 is 10.1 Å². The predicted molar refractivity (Wildman–Crippen MR) is 94.7 cm³/mol. The molecule has 0 spiro atoms. The van der Waals surface area contributed by atoms with Crippen LogP contribution in [-0.2, 0) is 16.8 Å². The standard InChI is InChI=1S/C21H21NO3/c23-18-11-10-17-16(18)8-4-9-19(17)25-14-20(24)22-21(12-5-13-21)15-6-2-1-3-7-15/h1-4,6-9H,5,10-14H2,(H,22,24). The molecule has 0 bridgehead atoms. The minimum Gasteiger partial charge on any atom is -0.483 e. The SMILES string of the molecule is O=C(COc1cccc2c1CCC2=O)NC1(c2ccccc2)CCC1. The van der Waals surface area contributed by atoms with Crippen molar-refractivity contribution in [3.05, 3.63) is 65.2 Å². The lowest BCUT2D eigenvalue weighted by molar-refractivity contribution is -0.126. The number of amides is 1. The van der Waals surface area contributed by atoms with Crippen LogP contribution in [0.25, 0.3) is 0 Å². The molecule has 4 heteroatoms. The van der Waals surface area contributed by atoms with Crippen molar-refractivity contribution < 1.29 is 14.3 Å². The van der Waals surface area contributed by atoms with E-state index < -0.39 is 0 Å². The van der Waals surface area contributed by atoms with Crippen LogP contribution < -0.4 is 10.1 Å². The van der Waals surface area contributed by atoms with E-state index >= 15 is 0 Å². The Labute approximate surface area is 147 Å². The molecule has 2 aromatic rings. The largest absolute Gasteiger partial charge is 0.483 e. The zero-order chi connectivity index (χ0) is 17.3. The van der Waals surface area contributed by atoms with Crippen LogP contribution in [0.15, 0.2) is 48.5 Å². The van der Waals surface area contributed by atoms with Gasteiger partial charge in [0, 0.05) is 17.5 Å². The molecule has 4 nitrogen and oxygen atoms in total. The molecule has 0 atom stereocenters. The summed E-state index contributed by atoms with van der Waals surface area (Å²) in [4.78, 5) is 24.3. The van der Waals surface area contributed by atoms with Gasteiger partial charge in [-0.1, -0.05) is 42.5 Å². The highest BCUT2D eigenvalue weighted by Gasteiger charge is 2.39. The minimum atomic E-state index is -0.254. The van der Waals surface area contributed by atoms with Crippen LogP contribution >= 0.6 is 0 Å². The predicted octanol–water partition coefficient (Wildman–Crippen LogP) is 3.39. The lowest BCUT2D eigenvalue weighted by atomic mass is 9.72. The van der Waals surface area contributed by atoms with Crippen molar-refractivity contribution in [2.75, 3.05) is 6.61 Å². The third-order valence-electron chi connectivity index (χ3n) is 5.31. The maximum atomic E-state index is 12.5. The van der Waals surface area contributed by atoms with E-state index in [9.17, 15) is 9.59 Å². The van der Waals surface area contributed by atoms with Gasteiger partial charge in [0.15, 0.2) is 12.4 Å². The van der Waals surface area contributed by atoms with Crippen LogP contribution in [0, 0.1) is 0 Å². The van der Waals surface area contributed by atoms with Crippen molar-refractivity contribution >= 4 is 11.7 Å². The average Bonchev–Trinajstić information content (AvgIpc) is 2.99. The first-order valence-electron chi connectivity index (χ1n) is 8.82. The monoisotopic (exact) mass is 335 g/mol. The molecule has 4 rings (SSSR count). The highest BCUT2D eigenvalue weighted by molar-refractivity contribution is 6.01. The van der Waals surface area contributed by atoms with Crippen LogP contribution in [0.2, 0.25) is 0 Å². The molecule has 2 aromatic carbocycles. The normalized spacial score (nSPS) is 17.5. The van der Waals surface area contributed by atoms with Crippen LogP contribution in [-0.4, -0.2) is 18.3 Å². The maximum Gasteiger partial charge on any atom is 0.258 e. The summed E-state index contributed by atoms with van der Waals surface area (Å²) >= 11 is 0. The van der Waals surface area contributed by atoms with E-state index in [1.54, 1.807) is 0 Å². The van der Waals surface area contributed by atoms with Crippen molar-refractivity contribution in [3.8, 4) is 5.75 Å². The Hall–Kier alpha value is -2.62. The van der Waals surface area contributed by atoms with Gasteiger partial charge in [-0.05, 0) is 37.3 Å². The van der Waals surface area contributed by atoms with Crippen molar-refractivity contribution in [1.82, 2.24) is 5.32 Å². The van der Waals surface area contributed by atoms with E-state index in [-0.39, 0.29) is 23.8 Å². The third-order valence-corrected chi connectivity index (χ3v) is 5.31. The highest BCUT2D eigenvalue weighted by Crippen LogP contribution is 2.41. The Morgan fingerprint density at radius 1 is 1.04 bits per heavy atom. The molecule has 1 fully saturated rings. The van der Waals surface area contributed by atoms with Crippen molar-refractivity contribution in [3.63, 3.8) is 0 Å². The average molecular weight is 335 g/mol. The van der Waals surface area contributed by atoms with Gasteiger partial charge in [-0.15, -0.1) is 0 Å². The number of hydrogen-bond donors (Lipinski definition) is 1. The van der Waals surface area contributed by atoms with Crippen molar-refractivity contribution in [2.24, 2.45) is 0 Å². The molecule has 0 saturated heterocycles. The smallest absolute Gasteiger partial charge is 0.258 e. The molecular weight excluding hydrogens is 314 g/mol. The molecule has 128 valence electrons. The lowest BCUT2D eigenvalue weighted by Crippen LogP contribution is -2.52. The number of benzene rings is 2. The molecule has 0 radical (unpaired) electrons. The number of hydrogen-bond acceptors (Lipinski definition) is 3. The summed E-state index contributed by atoms with van der Waals surface area (Å²) in [6, 6.07) is 15.6. The van der Waals surface area contributed by atoms with Crippen LogP contribution in [0.3, 0.4) is 0 Å². The molecule has 1 N–H and O–H groups in total. The van der Waals surface area contributed by atoms with E-state index in [1.807, 2.05) is 36.4 Å². The number of carbonyl (C=O) groups is 2. The summed E-state index contributed by atoms with van der Waals surface area (Å²) in [5, 5.41) is 3.16. The quantitative estimate of drug-likeness (QED) is 0.911. The summed E-state index contributed by atoms with van der Waals surface area (Å²) in [5.41, 5.74) is 2.57. The summed E-state index contributed by atoms with van der Waals surface area (Å²) in [5.74, 6) is 0.689. The molecule has 0 aliphatic heterocycles. The Balaban J connectivity index is 1.43. The zero-order valence-corrected chi connectivity index (χ0v) is 14.1. The highest BCUT2D eigenvalue weighted by atomic mass is 16.5. The number of fused-ring (bicyclic) bond motifs is 1. The maximum absolute atomic E-state index is 12.5. The van der Waals surface area contributed by atoms with Crippen LogP contribution in [0.5, 0.6) is 5.75 Å². The van der Waals surface area contributed by atoms with Crippen LogP contribution in [0.1, 0.15) is 47.2 Å². The minimum absolute atomic E-state index is 0.0285. The summed E-state index contributed by atoms with van der Waals surface area (Å²) in [6.45, 7) is -0.0285. The van der Waals surface area contributed by atoms with Gasteiger partial charge in [-0.3, -0.25) is 9.59 Å². The Morgan fingerprint density at radius 2 is 1.84 bits per heavy atom. The fraction of sp³-hybridized carbons (Fsp3) is 0.333. The Kier molecular flexibility index (Phi) is 4.04. The lowest BCUT2D eigenvalue weighted by Gasteiger charge is -2.43. The van der Waals surface area contributed by atoms with E-state index in [1.165, 1.54) is 0 Å². The van der Waals surface area contributed by atoms with Gasteiger partial charge in [0.25, 0.3) is 5.91 Å². The molecule has 25 heavy (non-hydrogen) atoms. The molecule has 2 aliphatic carbocycles. The van der Waals surface area contributed by atoms with Gasteiger partial charge in [-0.2, -0.15) is 0 Å². The molecule has 0 aromatic heterocycles. The molecule has 2 aliphatic rings. The number of carbonyl (C=O) groups excluding carboxylic acids is 2. The number of ketones is 1. The van der Waals surface area contributed by atoms with Crippen molar-refractivity contribution in [1.29, 1.82) is 0 Å². The van der Waals surface area contributed by atoms with Gasteiger partial charge in [0.2, 0.25) is 0 Å². The molecule has 0 unspecified atom stereocenters. The molecule has 0 heterocycles. The summed E-state index contributed by atoms with van der Waals surface area (Å²) in [6.07, 6.45) is 4.25. The summed E-state index contributed by atoms with van der Waals surface area (Å²) in [7, 11) is 0. The van der Waals surface area contributed by atoms with E-state index in [4.69, 9.17) is 4.74 Å². The van der Waals surface area contributed by atoms with Gasteiger partial charge in [0.1, 0.15) is 5.75 Å². The first kappa shape index (κ1) is 15.9. The second kappa shape index (κ2) is 6.36. The molecule has 1 amide bonds. The second-order valence-corrected chi connectivity index (χ2v) is 6.84. The van der Waals surface area contributed by atoms with Gasteiger partial charge in [0.05, 0.1) is 5.54 Å². The van der Waals surface area contributed by atoms with Crippen LogP contribution in [0.4, 0.5) is 0 Å². The fourth-order valence-electron chi connectivity index (χ4n) is 3.81. The summed E-state index contributed by atoms with van der Waals surface area (Å²) < 4.78 is 5.75. The zero-order valence-electron chi connectivity index (χ0n) is 14.1. The fourth-order valence-corrected chi connectivity index (χ4v) is 3.81. The Bertz CT molecular complexity index is 809. The van der Waals surface area contributed by atoms with E-state index in [0.29, 0.717) is 18.6 Å². The first-order valence-corrected chi connectivity index (χ1v) is 8.82. The number of Topliss-reactive ketones (excluding diaryl/α,β-unsaturated/α-hetero) is 1. The van der Waals surface area contributed by atoms with Gasteiger partial charge >= 0.3 is 0 Å². The van der Waals surface area contributed by atoms with Crippen molar-refractivity contribution in [2.45, 2.75) is 37.6 Å². The second-order valence-electron chi connectivity index (χ2n) is 6.84.